The average Bonchev–Trinajstić information content (AvgIpc) is 2.68. The Labute approximate surface area is 173 Å². The van der Waals surface area contributed by atoms with Gasteiger partial charge in [-0.05, 0) is 26.2 Å². The van der Waals surface area contributed by atoms with Crippen molar-refractivity contribution in [2.75, 3.05) is 36.1 Å². The number of nitrogens with zero attached hydrogens (tertiary/aromatic N) is 4. The van der Waals surface area contributed by atoms with Gasteiger partial charge in [-0.3, -0.25) is 14.2 Å². The number of ketones is 1. The van der Waals surface area contributed by atoms with Crippen LogP contribution in [-0.2, 0) is 16.1 Å². The van der Waals surface area contributed by atoms with Crippen LogP contribution >= 0.6 is 0 Å². The van der Waals surface area contributed by atoms with Crippen LogP contribution in [0.4, 0.5) is 24.9 Å². The van der Waals surface area contributed by atoms with Gasteiger partial charge in [0.25, 0.3) is 5.56 Å². The molecule has 0 bridgehead atoms. The summed E-state index contributed by atoms with van der Waals surface area (Å²) in [5.74, 6) is -0.334. The van der Waals surface area contributed by atoms with Crippen LogP contribution in [0.25, 0.3) is 0 Å². The van der Waals surface area contributed by atoms with Gasteiger partial charge in [-0.25, -0.2) is 0 Å². The number of carbonyl (C=O) groups is 1. The second kappa shape index (κ2) is 8.95. The molecular weight excluding hydrogens is 401 g/mol. The van der Waals surface area contributed by atoms with Crippen LogP contribution in [0.1, 0.15) is 40.0 Å². The monoisotopic (exact) mass is 430 g/mol. The Balaban J connectivity index is 2.04. The summed E-state index contributed by atoms with van der Waals surface area (Å²) in [5, 5.41) is 0. The molecule has 0 amide bonds. The normalized spacial score (nSPS) is 22.4. The van der Waals surface area contributed by atoms with Gasteiger partial charge in [0.15, 0.2) is 5.78 Å². The van der Waals surface area contributed by atoms with Gasteiger partial charge in [-0.1, -0.05) is 13.8 Å². The lowest BCUT2D eigenvalue weighted by atomic mass is 9.97. The summed E-state index contributed by atoms with van der Waals surface area (Å²) in [6.07, 6.45) is -3.70. The summed E-state index contributed by atoms with van der Waals surface area (Å²) in [7, 11) is 0. The first-order valence-corrected chi connectivity index (χ1v) is 10.5. The van der Waals surface area contributed by atoms with Crippen LogP contribution in [0.15, 0.2) is 10.9 Å². The third kappa shape index (κ3) is 4.48. The van der Waals surface area contributed by atoms with Crippen molar-refractivity contribution in [3.63, 3.8) is 0 Å². The molecule has 0 unspecified atom stereocenters. The van der Waals surface area contributed by atoms with Crippen molar-refractivity contribution in [3.8, 4) is 0 Å². The lowest BCUT2D eigenvalue weighted by Gasteiger charge is -2.40. The van der Waals surface area contributed by atoms with Gasteiger partial charge < -0.3 is 14.5 Å². The van der Waals surface area contributed by atoms with E-state index in [9.17, 15) is 22.8 Å². The minimum atomic E-state index is -4.53. The number of hydrogen-bond acceptors (Lipinski definition) is 6. The predicted octanol–water partition coefficient (Wildman–Crippen LogP) is 2.61. The Morgan fingerprint density at radius 1 is 1.30 bits per heavy atom. The number of rotatable bonds is 6. The van der Waals surface area contributed by atoms with Crippen molar-refractivity contribution in [1.82, 2.24) is 9.55 Å². The topological polar surface area (TPSA) is 67.7 Å². The smallest absolute Gasteiger partial charge is 0.377 e. The number of anilines is 2. The van der Waals surface area contributed by atoms with Crippen LogP contribution in [0, 0.1) is 5.92 Å². The molecule has 3 rings (SSSR count). The summed E-state index contributed by atoms with van der Waals surface area (Å²) in [5.41, 5.74) is -0.408. The molecule has 1 saturated heterocycles. The van der Waals surface area contributed by atoms with Gasteiger partial charge >= 0.3 is 6.18 Å². The molecule has 3 heterocycles. The zero-order valence-electron chi connectivity index (χ0n) is 17.6. The third-order valence-corrected chi connectivity index (χ3v) is 6.04. The molecule has 1 fully saturated rings. The molecule has 10 heteroatoms. The van der Waals surface area contributed by atoms with Crippen LogP contribution < -0.4 is 15.4 Å². The molecule has 2 aliphatic rings. The quantitative estimate of drug-likeness (QED) is 0.691. The fourth-order valence-electron chi connectivity index (χ4n) is 4.23. The number of halogens is 3. The summed E-state index contributed by atoms with van der Waals surface area (Å²) in [6.45, 7) is 6.49. The Bertz CT molecular complexity index is 822. The second-order valence-electron chi connectivity index (χ2n) is 7.98. The molecule has 0 saturated carbocycles. The van der Waals surface area contributed by atoms with Crippen molar-refractivity contribution in [2.45, 2.75) is 64.8 Å². The Morgan fingerprint density at radius 3 is 2.60 bits per heavy atom. The highest BCUT2D eigenvalue weighted by Gasteiger charge is 2.47. The number of ether oxygens (including phenoxy) is 1. The molecule has 2 atom stereocenters. The first-order valence-electron chi connectivity index (χ1n) is 10.5. The fourth-order valence-corrected chi connectivity index (χ4v) is 4.23. The number of Topliss-reactive ketones (excluding diaryl/α,β-unsaturated/α-hetero) is 1. The van der Waals surface area contributed by atoms with Gasteiger partial charge in [0.1, 0.15) is 11.9 Å². The largest absolute Gasteiger partial charge is 0.408 e. The van der Waals surface area contributed by atoms with Crippen LogP contribution in [0.2, 0.25) is 0 Å². The molecule has 2 aliphatic heterocycles. The van der Waals surface area contributed by atoms with Gasteiger partial charge in [0.05, 0.1) is 25.8 Å². The van der Waals surface area contributed by atoms with E-state index in [1.165, 1.54) is 10.6 Å². The van der Waals surface area contributed by atoms with E-state index in [0.717, 1.165) is 4.90 Å². The number of carbonyl (C=O) groups excluding carboxylic acids is 1. The maximum atomic E-state index is 13.8. The second-order valence-corrected chi connectivity index (χ2v) is 7.98. The molecule has 0 spiro atoms. The molecule has 168 valence electrons. The highest BCUT2D eigenvalue weighted by molar-refractivity contribution is 5.85. The maximum absolute atomic E-state index is 13.8. The zero-order valence-corrected chi connectivity index (χ0v) is 17.6. The minimum Gasteiger partial charge on any atom is -0.377 e. The molecule has 0 N–H and O–H groups in total. The number of hydrogen-bond donors (Lipinski definition) is 0. The van der Waals surface area contributed by atoms with E-state index in [-0.39, 0.29) is 36.7 Å². The molecule has 1 aromatic heterocycles. The molecule has 0 radical (unpaired) electrons. The van der Waals surface area contributed by atoms with Gasteiger partial charge in [-0.15, -0.1) is 0 Å². The van der Waals surface area contributed by atoms with E-state index >= 15 is 0 Å². The Hall–Kier alpha value is -2.10. The summed E-state index contributed by atoms with van der Waals surface area (Å²) in [6, 6.07) is -0.546. The standard InChI is InChI=1S/C20H29F3N4O3/c1-4-14(5-2)15(28)11-27-16(20(21,22)23)6-7-26-18(29)10-17(24-19(26)27)25-8-9-30-12-13(25)3/h10,13-14,16H,4-9,11-12H2,1-3H3/t13-,16+/m1/s1. The highest BCUT2D eigenvalue weighted by Crippen LogP contribution is 2.34. The SMILES string of the molecule is CCC(CC)C(=O)CN1c2nc(N3CCOC[C@H]3C)cc(=O)n2CC[C@H]1C(F)(F)F. The molecule has 30 heavy (non-hydrogen) atoms. The van der Waals surface area contributed by atoms with E-state index in [2.05, 4.69) is 4.98 Å². The Morgan fingerprint density at radius 2 is 2.00 bits per heavy atom. The predicted molar refractivity (Wildman–Crippen MR) is 107 cm³/mol. The van der Waals surface area contributed by atoms with Gasteiger partial charge in [0.2, 0.25) is 5.95 Å². The first-order chi connectivity index (χ1) is 14.2. The van der Waals surface area contributed by atoms with Crippen molar-refractivity contribution in [3.05, 3.63) is 16.4 Å². The van der Waals surface area contributed by atoms with Crippen molar-refractivity contribution in [2.24, 2.45) is 5.92 Å². The Kier molecular flexibility index (Phi) is 6.74. The minimum absolute atomic E-state index is 0.0599. The summed E-state index contributed by atoms with van der Waals surface area (Å²) >= 11 is 0. The summed E-state index contributed by atoms with van der Waals surface area (Å²) in [4.78, 5) is 32.8. The zero-order chi connectivity index (χ0) is 22.1. The lowest BCUT2D eigenvalue weighted by molar-refractivity contribution is -0.153. The van der Waals surface area contributed by atoms with Crippen LogP contribution in [0.3, 0.4) is 0 Å². The van der Waals surface area contributed by atoms with Crippen molar-refractivity contribution in [1.29, 1.82) is 0 Å². The lowest BCUT2D eigenvalue weighted by Crippen LogP contribution is -2.55. The molecular formula is C20H29F3N4O3. The van der Waals surface area contributed by atoms with Gasteiger partial charge in [0, 0.05) is 25.1 Å². The highest BCUT2D eigenvalue weighted by atomic mass is 19.4. The average molecular weight is 430 g/mol. The molecule has 1 aromatic rings. The van der Waals surface area contributed by atoms with E-state index < -0.39 is 24.3 Å². The van der Waals surface area contributed by atoms with Crippen LogP contribution in [0.5, 0.6) is 0 Å². The summed E-state index contributed by atoms with van der Waals surface area (Å²) < 4.78 is 48.1. The molecule has 7 nitrogen and oxygen atoms in total. The number of alkyl halides is 3. The molecule has 0 aliphatic carbocycles. The van der Waals surface area contributed by atoms with E-state index in [1.54, 1.807) is 0 Å². The van der Waals surface area contributed by atoms with Crippen molar-refractivity contribution >= 4 is 17.5 Å². The van der Waals surface area contributed by atoms with Crippen LogP contribution in [-0.4, -0.2) is 59.9 Å². The first kappa shape index (κ1) is 22.6. The van der Waals surface area contributed by atoms with Gasteiger partial charge in [-0.2, -0.15) is 18.2 Å². The van der Waals surface area contributed by atoms with E-state index in [4.69, 9.17) is 4.74 Å². The maximum Gasteiger partial charge on any atom is 0.408 e. The fraction of sp³-hybridized carbons (Fsp3) is 0.750. The van der Waals surface area contributed by atoms with E-state index in [1.807, 2.05) is 25.7 Å². The van der Waals surface area contributed by atoms with E-state index in [0.29, 0.717) is 38.4 Å². The number of aromatic nitrogens is 2. The third-order valence-electron chi connectivity index (χ3n) is 6.04. The number of fused-ring (bicyclic) bond motifs is 1. The van der Waals surface area contributed by atoms with Crippen molar-refractivity contribution < 1.29 is 22.7 Å². The molecule has 0 aromatic carbocycles. The number of morpholine rings is 1.